The summed E-state index contributed by atoms with van der Waals surface area (Å²) in [4.78, 5) is 7.87. The molecule has 0 bridgehead atoms. The summed E-state index contributed by atoms with van der Waals surface area (Å²) in [5, 5.41) is 9.08. The molecule has 1 N–H and O–H groups in total. The first-order chi connectivity index (χ1) is 7.40. The highest BCUT2D eigenvalue weighted by molar-refractivity contribution is 5.34. The van der Waals surface area contributed by atoms with Crippen molar-refractivity contribution in [3.05, 3.63) is 48.3 Å². The maximum Gasteiger partial charge on any atom is 0.321 e. The van der Waals surface area contributed by atoms with E-state index in [0.29, 0.717) is 11.3 Å². The van der Waals surface area contributed by atoms with E-state index in [1.807, 2.05) is 12.1 Å². The number of hydrogen-bond donors (Lipinski definition) is 1. The Morgan fingerprint density at radius 1 is 1.07 bits per heavy atom. The Morgan fingerprint density at radius 2 is 1.80 bits per heavy atom. The Morgan fingerprint density at radius 3 is 2.53 bits per heavy atom. The second kappa shape index (κ2) is 4.52. The summed E-state index contributed by atoms with van der Waals surface area (Å²) in [6, 6.07) is 9.21. The molecule has 76 valence electrons. The van der Waals surface area contributed by atoms with Crippen molar-refractivity contribution in [2.75, 3.05) is 0 Å². The van der Waals surface area contributed by atoms with Crippen LogP contribution in [-0.4, -0.2) is 15.1 Å². The first-order valence-corrected chi connectivity index (χ1v) is 4.54. The maximum atomic E-state index is 9.08. The van der Waals surface area contributed by atoms with Crippen LogP contribution in [0.3, 0.4) is 0 Å². The Hall–Kier alpha value is -1.94. The van der Waals surface area contributed by atoms with Gasteiger partial charge in [0.1, 0.15) is 5.75 Å². The lowest BCUT2D eigenvalue weighted by Gasteiger charge is -2.06. The summed E-state index contributed by atoms with van der Waals surface area (Å²) < 4.78 is 5.42. The maximum absolute atomic E-state index is 9.08. The van der Waals surface area contributed by atoms with Gasteiger partial charge >= 0.3 is 6.01 Å². The average molecular weight is 202 g/mol. The predicted octanol–water partition coefficient (Wildman–Crippen LogP) is 1.76. The summed E-state index contributed by atoms with van der Waals surface area (Å²) in [7, 11) is 0. The van der Waals surface area contributed by atoms with Gasteiger partial charge in [0, 0.05) is 18.0 Å². The number of ether oxygens (including phenoxy) is 1. The van der Waals surface area contributed by atoms with Gasteiger partial charge in [0.2, 0.25) is 0 Å². The van der Waals surface area contributed by atoms with Crippen molar-refractivity contribution >= 4 is 0 Å². The molecule has 15 heavy (non-hydrogen) atoms. The van der Waals surface area contributed by atoms with Crippen molar-refractivity contribution in [3.63, 3.8) is 0 Å². The Bertz CT molecular complexity index is 432. The van der Waals surface area contributed by atoms with Crippen molar-refractivity contribution < 1.29 is 9.84 Å². The van der Waals surface area contributed by atoms with E-state index in [2.05, 4.69) is 9.97 Å². The van der Waals surface area contributed by atoms with Crippen molar-refractivity contribution in [1.29, 1.82) is 0 Å². The fourth-order valence-electron chi connectivity index (χ4n) is 1.17. The van der Waals surface area contributed by atoms with Crippen molar-refractivity contribution in [2.24, 2.45) is 0 Å². The van der Waals surface area contributed by atoms with Gasteiger partial charge in [0.15, 0.2) is 0 Å². The molecule has 2 rings (SSSR count). The lowest BCUT2D eigenvalue weighted by Crippen LogP contribution is -1.94. The SMILES string of the molecule is OCc1ccccc1Oc1ncccn1. The van der Waals surface area contributed by atoms with Gasteiger partial charge in [-0.2, -0.15) is 0 Å². The number of aliphatic hydroxyl groups excluding tert-OH is 1. The quantitative estimate of drug-likeness (QED) is 0.823. The van der Waals surface area contributed by atoms with Gasteiger partial charge in [-0.25, -0.2) is 9.97 Å². The molecule has 1 heterocycles. The number of aliphatic hydroxyl groups is 1. The third-order valence-corrected chi connectivity index (χ3v) is 1.89. The minimum Gasteiger partial charge on any atom is -0.424 e. The van der Waals surface area contributed by atoms with Gasteiger partial charge in [0.25, 0.3) is 0 Å². The van der Waals surface area contributed by atoms with E-state index >= 15 is 0 Å². The largest absolute Gasteiger partial charge is 0.424 e. The minimum absolute atomic E-state index is 0.0665. The van der Waals surface area contributed by atoms with Crippen molar-refractivity contribution in [2.45, 2.75) is 6.61 Å². The van der Waals surface area contributed by atoms with Crippen LogP contribution in [0.25, 0.3) is 0 Å². The molecule has 0 aliphatic heterocycles. The van der Waals surface area contributed by atoms with Gasteiger partial charge in [0.05, 0.1) is 6.61 Å². The van der Waals surface area contributed by atoms with Crippen LogP contribution < -0.4 is 4.74 Å². The summed E-state index contributed by atoms with van der Waals surface area (Å²) in [5.74, 6) is 0.575. The van der Waals surface area contributed by atoms with E-state index in [9.17, 15) is 0 Å². The van der Waals surface area contributed by atoms with Crippen LogP contribution in [0, 0.1) is 0 Å². The van der Waals surface area contributed by atoms with Crippen LogP contribution in [-0.2, 0) is 6.61 Å². The standard InChI is InChI=1S/C11H10N2O2/c14-8-9-4-1-2-5-10(9)15-11-12-6-3-7-13-11/h1-7,14H,8H2. The van der Waals surface area contributed by atoms with Crippen LogP contribution in [0.4, 0.5) is 0 Å². The monoisotopic (exact) mass is 202 g/mol. The van der Waals surface area contributed by atoms with Crippen LogP contribution >= 0.6 is 0 Å². The highest BCUT2D eigenvalue weighted by Gasteiger charge is 2.03. The van der Waals surface area contributed by atoms with E-state index in [0.717, 1.165) is 0 Å². The topological polar surface area (TPSA) is 55.2 Å². The molecule has 0 amide bonds. The molecule has 0 radical (unpaired) electrons. The van der Waals surface area contributed by atoms with Crippen LogP contribution in [0.5, 0.6) is 11.8 Å². The molecule has 0 saturated carbocycles. The number of benzene rings is 1. The zero-order valence-electron chi connectivity index (χ0n) is 8.00. The molecular formula is C11H10N2O2. The summed E-state index contributed by atoms with van der Waals surface area (Å²) in [5.41, 5.74) is 0.713. The van der Waals surface area contributed by atoms with E-state index in [-0.39, 0.29) is 12.6 Å². The van der Waals surface area contributed by atoms with Crippen molar-refractivity contribution in [1.82, 2.24) is 9.97 Å². The highest BCUT2D eigenvalue weighted by Crippen LogP contribution is 2.21. The van der Waals surface area contributed by atoms with Gasteiger partial charge in [-0.15, -0.1) is 0 Å². The fourth-order valence-corrected chi connectivity index (χ4v) is 1.17. The molecule has 1 aromatic carbocycles. The van der Waals surface area contributed by atoms with Gasteiger partial charge in [-0.05, 0) is 12.1 Å². The molecule has 0 aliphatic rings. The van der Waals surface area contributed by atoms with Crippen LogP contribution in [0.2, 0.25) is 0 Å². The van der Waals surface area contributed by atoms with Crippen molar-refractivity contribution in [3.8, 4) is 11.8 Å². The molecule has 0 unspecified atom stereocenters. The number of aromatic nitrogens is 2. The van der Waals surface area contributed by atoms with E-state index in [1.165, 1.54) is 0 Å². The second-order valence-electron chi connectivity index (χ2n) is 2.90. The average Bonchev–Trinajstić information content (AvgIpc) is 2.31. The number of hydrogen-bond acceptors (Lipinski definition) is 4. The minimum atomic E-state index is -0.0665. The third kappa shape index (κ3) is 2.30. The molecule has 1 aromatic heterocycles. The Labute approximate surface area is 87.2 Å². The van der Waals surface area contributed by atoms with Gasteiger partial charge in [-0.1, -0.05) is 18.2 Å². The zero-order chi connectivity index (χ0) is 10.5. The van der Waals surface area contributed by atoms with Gasteiger partial charge < -0.3 is 9.84 Å². The fraction of sp³-hybridized carbons (Fsp3) is 0.0909. The molecule has 0 atom stereocenters. The lowest BCUT2D eigenvalue weighted by molar-refractivity contribution is 0.275. The first kappa shape index (κ1) is 9.61. The molecule has 0 fully saturated rings. The normalized spacial score (nSPS) is 9.93. The summed E-state index contributed by atoms with van der Waals surface area (Å²) in [6.45, 7) is -0.0665. The van der Waals surface area contributed by atoms with Gasteiger partial charge in [-0.3, -0.25) is 0 Å². The van der Waals surface area contributed by atoms with E-state index in [4.69, 9.17) is 9.84 Å². The molecule has 2 aromatic rings. The zero-order valence-corrected chi connectivity index (χ0v) is 8.00. The van der Waals surface area contributed by atoms with Crippen LogP contribution in [0.15, 0.2) is 42.7 Å². The Kier molecular flexibility index (Phi) is 2.90. The predicted molar refractivity (Wildman–Crippen MR) is 54.5 cm³/mol. The molecule has 4 heteroatoms. The molecule has 0 aliphatic carbocycles. The van der Waals surface area contributed by atoms with E-state index < -0.39 is 0 Å². The first-order valence-electron chi connectivity index (χ1n) is 4.54. The second-order valence-corrected chi connectivity index (χ2v) is 2.90. The lowest BCUT2D eigenvalue weighted by atomic mass is 10.2. The molecule has 4 nitrogen and oxygen atoms in total. The Balaban J connectivity index is 2.24. The molecule has 0 spiro atoms. The van der Waals surface area contributed by atoms with Crippen LogP contribution in [0.1, 0.15) is 5.56 Å². The molecule has 0 saturated heterocycles. The highest BCUT2D eigenvalue weighted by atomic mass is 16.5. The number of nitrogens with zero attached hydrogens (tertiary/aromatic N) is 2. The third-order valence-electron chi connectivity index (χ3n) is 1.89. The van der Waals surface area contributed by atoms with E-state index in [1.54, 1.807) is 30.6 Å². The smallest absolute Gasteiger partial charge is 0.321 e. The molecular weight excluding hydrogens is 192 g/mol. The number of rotatable bonds is 3. The summed E-state index contributed by atoms with van der Waals surface area (Å²) in [6.07, 6.45) is 3.20. The number of para-hydroxylation sites is 1. The summed E-state index contributed by atoms with van der Waals surface area (Å²) >= 11 is 0.